The molecule has 0 aliphatic carbocycles. The Morgan fingerprint density at radius 1 is 0.960 bits per heavy atom. The number of hydrogen-bond donors (Lipinski definition) is 4. The average Bonchev–Trinajstić information content (AvgIpc) is 2.61. The van der Waals surface area contributed by atoms with Crippen LogP contribution in [0.15, 0.2) is 59.1 Å². The highest BCUT2D eigenvalue weighted by Crippen LogP contribution is 2.10. The Labute approximate surface area is 159 Å². The number of para-hydroxylation sites is 1. The van der Waals surface area contributed by atoms with Crippen LogP contribution in [-0.2, 0) is 4.79 Å². The van der Waals surface area contributed by atoms with Gasteiger partial charge in [-0.1, -0.05) is 34.1 Å². The van der Waals surface area contributed by atoms with E-state index in [-0.39, 0.29) is 29.9 Å². The Bertz CT molecular complexity index is 738. The predicted octanol–water partition coefficient (Wildman–Crippen LogP) is 2.59. The van der Waals surface area contributed by atoms with Crippen LogP contribution in [-0.4, -0.2) is 23.5 Å². The van der Waals surface area contributed by atoms with Gasteiger partial charge >= 0.3 is 0 Å². The first kappa shape index (κ1) is 18.9. The van der Waals surface area contributed by atoms with E-state index in [0.29, 0.717) is 5.56 Å². The molecule has 25 heavy (non-hydrogen) atoms. The zero-order valence-corrected chi connectivity index (χ0v) is 15.6. The van der Waals surface area contributed by atoms with Gasteiger partial charge in [0, 0.05) is 28.7 Å². The third kappa shape index (κ3) is 6.90. The number of thiocarbonyl (C=S) groups is 1. The summed E-state index contributed by atoms with van der Waals surface area (Å²) in [6.07, 6.45) is 0.128. The van der Waals surface area contributed by atoms with Gasteiger partial charge in [0.05, 0.1) is 0 Å². The fraction of sp³-hybridized carbons (Fsp3) is 0.118. The molecule has 0 saturated heterocycles. The SMILES string of the molecule is O=C(CCNC(=O)c1ccc(Br)cc1)NNC(=S)Nc1ccccc1. The van der Waals surface area contributed by atoms with E-state index in [1.54, 1.807) is 24.3 Å². The van der Waals surface area contributed by atoms with Gasteiger partial charge in [-0.2, -0.15) is 0 Å². The summed E-state index contributed by atoms with van der Waals surface area (Å²) in [6, 6.07) is 16.3. The van der Waals surface area contributed by atoms with Crippen molar-refractivity contribution in [2.45, 2.75) is 6.42 Å². The zero-order chi connectivity index (χ0) is 18.1. The number of rotatable bonds is 5. The Hall–Kier alpha value is -2.45. The summed E-state index contributed by atoms with van der Waals surface area (Å²) in [7, 11) is 0. The minimum Gasteiger partial charge on any atom is -0.352 e. The Morgan fingerprint density at radius 3 is 2.32 bits per heavy atom. The monoisotopic (exact) mass is 420 g/mol. The first-order valence-corrected chi connectivity index (χ1v) is 8.69. The van der Waals surface area contributed by atoms with Crippen molar-refractivity contribution in [3.8, 4) is 0 Å². The molecule has 0 spiro atoms. The van der Waals surface area contributed by atoms with Crippen molar-refractivity contribution in [1.82, 2.24) is 16.2 Å². The zero-order valence-electron chi connectivity index (χ0n) is 13.2. The summed E-state index contributed by atoms with van der Waals surface area (Å²) >= 11 is 8.38. The van der Waals surface area contributed by atoms with Crippen molar-refractivity contribution in [2.75, 3.05) is 11.9 Å². The second-order valence-electron chi connectivity index (χ2n) is 5.01. The number of benzene rings is 2. The summed E-state index contributed by atoms with van der Waals surface area (Å²) in [5.41, 5.74) is 6.44. The number of hydrazine groups is 1. The molecule has 0 aliphatic rings. The summed E-state index contributed by atoms with van der Waals surface area (Å²) in [5, 5.41) is 5.89. The molecule has 0 atom stereocenters. The molecule has 2 aromatic carbocycles. The standard InChI is InChI=1S/C17H17BrN4O2S/c18-13-8-6-12(7-9-13)16(24)19-11-10-15(23)21-22-17(25)20-14-4-2-1-3-5-14/h1-9H,10-11H2,(H,19,24)(H,21,23)(H2,20,22,25). The van der Waals surface area contributed by atoms with Crippen LogP contribution >= 0.6 is 28.1 Å². The van der Waals surface area contributed by atoms with Gasteiger partial charge in [-0.05, 0) is 48.6 Å². The Kier molecular flexibility index (Phi) is 7.36. The van der Waals surface area contributed by atoms with E-state index in [0.717, 1.165) is 10.2 Å². The molecule has 4 N–H and O–H groups in total. The molecule has 8 heteroatoms. The number of hydrogen-bond acceptors (Lipinski definition) is 3. The molecule has 0 unspecified atom stereocenters. The van der Waals surface area contributed by atoms with Crippen LogP contribution in [0.25, 0.3) is 0 Å². The van der Waals surface area contributed by atoms with E-state index in [2.05, 4.69) is 37.4 Å². The van der Waals surface area contributed by atoms with Crippen molar-refractivity contribution >= 4 is 50.8 Å². The fourth-order valence-corrected chi connectivity index (χ4v) is 2.30. The molecular formula is C17H17BrN4O2S. The molecule has 0 aliphatic heterocycles. The van der Waals surface area contributed by atoms with E-state index < -0.39 is 0 Å². The van der Waals surface area contributed by atoms with Crippen molar-refractivity contribution in [1.29, 1.82) is 0 Å². The molecule has 2 aromatic rings. The summed E-state index contributed by atoms with van der Waals surface area (Å²) in [5.74, 6) is -0.511. The minimum atomic E-state index is -0.284. The molecule has 2 rings (SSSR count). The van der Waals surface area contributed by atoms with Gasteiger partial charge in [-0.25, -0.2) is 0 Å². The quantitative estimate of drug-likeness (QED) is 0.441. The first-order valence-electron chi connectivity index (χ1n) is 7.49. The summed E-state index contributed by atoms with van der Waals surface area (Å²) in [4.78, 5) is 23.6. The minimum absolute atomic E-state index is 0.128. The lowest BCUT2D eigenvalue weighted by Crippen LogP contribution is -2.44. The Morgan fingerprint density at radius 2 is 1.64 bits per heavy atom. The maximum atomic E-state index is 11.9. The molecule has 2 amide bonds. The van der Waals surface area contributed by atoms with Crippen LogP contribution in [0.2, 0.25) is 0 Å². The van der Waals surface area contributed by atoms with E-state index in [1.165, 1.54) is 0 Å². The number of anilines is 1. The van der Waals surface area contributed by atoms with Crippen molar-refractivity contribution in [3.63, 3.8) is 0 Å². The van der Waals surface area contributed by atoms with Gasteiger partial charge in [-0.3, -0.25) is 20.4 Å². The molecule has 130 valence electrons. The third-order valence-electron chi connectivity index (χ3n) is 3.09. The highest BCUT2D eigenvalue weighted by atomic mass is 79.9. The molecule has 0 aromatic heterocycles. The fourth-order valence-electron chi connectivity index (χ4n) is 1.87. The lowest BCUT2D eigenvalue weighted by atomic mass is 10.2. The van der Waals surface area contributed by atoms with E-state index in [1.807, 2.05) is 30.3 Å². The van der Waals surface area contributed by atoms with E-state index in [4.69, 9.17) is 12.2 Å². The van der Waals surface area contributed by atoms with Crippen LogP contribution < -0.4 is 21.5 Å². The molecular weight excluding hydrogens is 404 g/mol. The maximum Gasteiger partial charge on any atom is 0.251 e. The predicted molar refractivity (Wildman–Crippen MR) is 105 cm³/mol. The summed E-state index contributed by atoms with van der Waals surface area (Å²) < 4.78 is 0.898. The molecule has 0 heterocycles. The maximum absolute atomic E-state index is 11.9. The lowest BCUT2D eigenvalue weighted by molar-refractivity contribution is -0.121. The van der Waals surface area contributed by atoms with Crippen LogP contribution in [0.3, 0.4) is 0 Å². The number of carbonyl (C=O) groups excluding carboxylic acids is 2. The largest absolute Gasteiger partial charge is 0.352 e. The van der Waals surface area contributed by atoms with Crippen LogP contribution in [0, 0.1) is 0 Å². The second-order valence-corrected chi connectivity index (χ2v) is 6.33. The van der Waals surface area contributed by atoms with E-state index in [9.17, 15) is 9.59 Å². The van der Waals surface area contributed by atoms with Gasteiger partial charge in [0.25, 0.3) is 5.91 Å². The van der Waals surface area contributed by atoms with Crippen LogP contribution in [0.4, 0.5) is 5.69 Å². The molecule has 0 saturated carbocycles. The van der Waals surface area contributed by atoms with Crippen LogP contribution in [0.5, 0.6) is 0 Å². The normalized spacial score (nSPS) is 9.80. The number of halogens is 1. The molecule has 0 radical (unpaired) electrons. The van der Waals surface area contributed by atoms with Gasteiger partial charge in [-0.15, -0.1) is 0 Å². The topological polar surface area (TPSA) is 82.3 Å². The molecule has 0 bridgehead atoms. The second kappa shape index (κ2) is 9.75. The smallest absolute Gasteiger partial charge is 0.251 e. The number of amides is 2. The van der Waals surface area contributed by atoms with Crippen molar-refractivity contribution in [3.05, 3.63) is 64.6 Å². The molecule has 6 nitrogen and oxygen atoms in total. The van der Waals surface area contributed by atoms with E-state index >= 15 is 0 Å². The van der Waals surface area contributed by atoms with Crippen LogP contribution in [0.1, 0.15) is 16.8 Å². The van der Waals surface area contributed by atoms with Gasteiger partial charge < -0.3 is 10.6 Å². The van der Waals surface area contributed by atoms with Gasteiger partial charge in [0.15, 0.2) is 5.11 Å². The van der Waals surface area contributed by atoms with Gasteiger partial charge in [0.2, 0.25) is 5.91 Å². The Balaban J connectivity index is 1.64. The molecule has 0 fully saturated rings. The average molecular weight is 421 g/mol. The third-order valence-corrected chi connectivity index (χ3v) is 3.82. The van der Waals surface area contributed by atoms with Gasteiger partial charge in [0.1, 0.15) is 0 Å². The van der Waals surface area contributed by atoms with Crippen molar-refractivity contribution < 1.29 is 9.59 Å². The lowest BCUT2D eigenvalue weighted by Gasteiger charge is -2.11. The van der Waals surface area contributed by atoms with Crippen molar-refractivity contribution in [2.24, 2.45) is 0 Å². The highest BCUT2D eigenvalue weighted by Gasteiger charge is 2.07. The summed E-state index contributed by atoms with van der Waals surface area (Å²) in [6.45, 7) is 0.223. The first-order chi connectivity index (χ1) is 12.0. The highest BCUT2D eigenvalue weighted by molar-refractivity contribution is 9.10. The number of nitrogens with one attached hydrogen (secondary N) is 4. The number of carbonyl (C=O) groups is 2.